The molecule has 0 atom stereocenters. The second kappa shape index (κ2) is 11.4. The second-order valence-corrected chi connectivity index (χ2v) is 10.1. The Labute approximate surface area is 209 Å². The summed E-state index contributed by atoms with van der Waals surface area (Å²) < 4.78 is 6.08. The highest BCUT2D eigenvalue weighted by Crippen LogP contribution is 2.45. The van der Waals surface area contributed by atoms with Crippen molar-refractivity contribution in [3.8, 4) is 5.75 Å². The summed E-state index contributed by atoms with van der Waals surface area (Å²) >= 11 is 0. The Hall–Kier alpha value is -3.27. The summed E-state index contributed by atoms with van der Waals surface area (Å²) in [5.74, 6) is 2.28. The van der Waals surface area contributed by atoms with E-state index in [0.29, 0.717) is 24.9 Å². The van der Waals surface area contributed by atoms with Crippen molar-refractivity contribution in [2.45, 2.75) is 70.3 Å². The van der Waals surface area contributed by atoms with Gasteiger partial charge in [0, 0.05) is 12.1 Å². The first-order valence-corrected chi connectivity index (χ1v) is 13.2. The molecule has 0 spiro atoms. The fourth-order valence-electron chi connectivity index (χ4n) is 5.09. The lowest BCUT2D eigenvalue weighted by Gasteiger charge is -2.21. The Morgan fingerprint density at radius 1 is 0.800 bits per heavy atom. The van der Waals surface area contributed by atoms with E-state index in [4.69, 9.17) is 4.74 Å². The molecule has 1 amide bonds. The SMILES string of the molecule is O=C(CCC1CCCCC1)Nc1ccccc1Nc1ccc(OCc2ccccc2)cc1C1CC1. The first-order valence-electron chi connectivity index (χ1n) is 13.2. The van der Waals surface area contributed by atoms with E-state index in [0.717, 1.165) is 34.8 Å². The summed E-state index contributed by atoms with van der Waals surface area (Å²) in [5, 5.41) is 6.76. The molecule has 0 heterocycles. The van der Waals surface area contributed by atoms with Crippen LogP contribution in [-0.2, 0) is 11.4 Å². The zero-order valence-electron chi connectivity index (χ0n) is 20.5. The number of para-hydroxylation sites is 2. The molecule has 182 valence electrons. The molecule has 3 aromatic carbocycles. The Bertz CT molecular complexity index is 1120. The third-order valence-corrected chi connectivity index (χ3v) is 7.26. The largest absolute Gasteiger partial charge is 0.489 e. The number of nitrogens with one attached hydrogen (secondary N) is 2. The average molecular weight is 469 g/mol. The minimum atomic E-state index is 0.108. The van der Waals surface area contributed by atoms with Gasteiger partial charge in [-0.15, -0.1) is 0 Å². The molecule has 0 unspecified atom stereocenters. The molecule has 2 saturated carbocycles. The zero-order chi connectivity index (χ0) is 23.9. The van der Waals surface area contributed by atoms with E-state index in [1.54, 1.807) is 0 Å². The number of rotatable bonds is 10. The minimum Gasteiger partial charge on any atom is -0.489 e. The van der Waals surface area contributed by atoms with Crippen LogP contribution in [0.1, 0.15) is 74.8 Å². The van der Waals surface area contributed by atoms with Crippen LogP contribution in [0.15, 0.2) is 72.8 Å². The van der Waals surface area contributed by atoms with Crippen molar-refractivity contribution in [2.24, 2.45) is 5.92 Å². The molecule has 4 nitrogen and oxygen atoms in total. The van der Waals surface area contributed by atoms with Crippen LogP contribution in [0, 0.1) is 5.92 Å². The quantitative estimate of drug-likeness (QED) is 0.315. The summed E-state index contributed by atoms with van der Waals surface area (Å²) in [6.07, 6.45) is 10.5. The van der Waals surface area contributed by atoms with E-state index >= 15 is 0 Å². The van der Waals surface area contributed by atoms with Crippen LogP contribution in [0.25, 0.3) is 0 Å². The molecule has 0 saturated heterocycles. The molecule has 35 heavy (non-hydrogen) atoms. The van der Waals surface area contributed by atoms with Crippen molar-refractivity contribution >= 4 is 23.0 Å². The third kappa shape index (κ3) is 6.66. The van der Waals surface area contributed by atoms with E-state index in [1.807, 2.05) is 48.5 Å². The van der Waals surface area contributed by atoms with Crippen molar-refractivity contribution in [1.82, 2.24) is 0 Å². The Morgan fingerprint density at radius 2 is 1.54 bits per heavy atom. The number of hydrogen-bond donors (Lipinski definition) is 2. The van der Waals surface area contributed by atoms with E-state index in [2.05, 4.69) is 34.9 Å². The van der Waals surface area contributed by atoms with Gasteiger partial charge in [-0.2, -0.15) is 0 Å². The Morgan fingerprint density at radius 3 is 2.31 bits per heavy atom. The smallest absolute Gasteiger partial charge is 0.224 e. The molecular weight excluding hydrogens is 432 g/mol. The molecule has 0 bridgehead atoms. The number of hydrogen-bond acceptors (Lipinski definition) is 3. The first-order chi connectivity index (χ1) is 17.2. The Kier molecular flexibility index (Phi) is 7.67. The minimum absolute atomic E-state index is 0.108. The maximum Gasteiger partial charge on any atom is 0.224 e. The molecular formula is C31H36N2O2. The van der Waals surface area contributed by atoms with Gasteiger partial charge in [0.1, 0.15) is 12.4 Å². The van der Waals surface area contributed by atoms with Gasteiger partial charge in [0.25, 0.3) is 0 Å². The average Bonchev–Trinajstić information content (AvgIpc) is 3.75. The van der Waals surface area contributed by atoms with Crippen molar-refractivity contribution in [2.75, 3.05) is 10.6 Å². The van der Waals surface area contributed by atoms with Gasteiger partial charge in [0.2, 0.25) is 5.91 Å². The van der Waals surface area contributed by atoms with Gasteiger partial charge in [-0.25, -0.2) is 0 Å². The maximum atomic E-state index is 12.7. The molecule has 0 radical (unpaired) electrons. The lowest BCUT2D eigenvalue weighted by atomic mass is 9.86. The standard InChI is InChI=1S/C31H36N2O2/c34-31(20-15-23-9-3-1-4-10-23)33-30-14-8-7-13-29(30)32-28-19-18-26(21-27(28)25-16-17-25)35-22-24-11-5-2-6-12-24/h2,5-8,11-14,18-19,21,23,25,32H,1,3-4,9-10,15-17,20,22H2,(H,33,34). The van der Waals surface area contributed by atoms with Gasteiger partial charge in [-0.3, -0.25) is 4.79 Å². The van der Waals surface area contributed by atoms with Gasteiger partial charge < -0.3 is 15.4 Å². The molecule has 3 aromatic rings. The fraction of sp³-hybridized carbons (Fsp3) is 0.387. The van der Waals surface area contributed by atoms with E-state index < -0.39 is 0 Å². The molecule has 2 fully saturated rings. The van der Waals surface area contributed by atoms with Crippen LogP contribution >= 0.6 is 0 Å². The van der Waals surface area contributed by atoms with Crippen LogP contribution in [0.5, 0.6) is 5.75 Å². The Balaban J connectivity index is 1.24. The second-order valence-electron chi connectivity index (χ2n) is 10.1. The van der Waals surface area contributed by atoms with Crippen LogP contribution in [0.4, 0.5) is 17.1 Å². The predicted molar refractivity (Wildman–Crippen MR) is 143 cm³/mol. The topological polar surface area (TPSA) is 50.4 Å². The van der Waals surface area contributed by atoms with Crippen LogP contribution < -0.4 is 15.4 Å². The summed E-state index contributed by atoms with van der Waals surface area (Å²) in [7, 11) is 0. The first kappa shape index (κ1) is 23.5. The van der Waals surface area contributed by atoms with E-state index in [-0.39, 0.29) is 5.91 Å². The number of anilines is 3. The summed E-state index contributed by atoms with van der Waals surface area (Å²) in [6.45, 7) is 0.563. The highest BCUT2D eigenvalue weighted by atomic mass is 16.5. The van der Waals surface area contributed by atoms with Crippen LogP contribution in [-0.4, -0.2) is 5.91 Å². The lowest BCUT2D eigenvalue weighted by Crippen LogP contribution is -2.15. The molecule has 2 aliphatic carbocycles. The number of ether oxygens (including phenoxy) is 1. The molecule has 4 heteroatoms. The van der Waals surface area contributed by atoms with Crippen molar-refractivity contribution < 1.29 is 9.53 Å². The zero-order valence-corrected chi connectivity index (χ0v) is 20.5. The van der Waals surface area contributed by atoms with Gasteiger partial charge >= 0.3 is 0 Å². The highest BCUT2D eigenvalue weighted by Gasteiger charge is 2.27. The maximum absolute atomic E-state index is 12.7. The predicted octanol–water partition coefficient (Wildman–Crippen LogP) is 8.19. The highest BCUT2D eigenvalue weighted by molar-refractivity contribution is 5.95. The van der Waals surface area contributed by atoms with E-state index in [1.165, 1.54) is 50.5 Å². The van der Waals surface area contributed by atoms with Gasteiger partial charge in [-0.05, 0) is 72.6 Å². The molecule has 5 rings (SSSR count). The van der Waals surface area contributed by atoms with Gasteiger partial charge in [-0.1, -0.05) is 74.6 Å². The number of carbonyl (C=O) groups is 1. The summed E-state index contributed by atoms with van der Waals surface area (Å²) in [4.78, 5) is 12.7. The molecule has 2 aliphatic rings. The number of benzene rings is 3. The van der Waals surface area contributed by atoms with Crippen molar-refractivity contribution in [1.29, 1.82) is 0 Å². The molecule has 2 N–H and O–H groups in total. The van der Waals surface area contributed by atoms with E-state index in [9.17, 15) is 4.79 Å². The van der Waals surface area contributed by atoms with Gasteiger partial charge in [0.05, 0.1) is 11.4 Å². The summed E-state index contributed by atoms with van der Waals surface area (Å²) in [5.41, 5.74) is 5.30. The normalized spacial score (nSPS) is 16.0. The van der Waals surface area contributed by atoms with Crippen LogP contribution in [0.2, 0.25) is 0 Å². The lowest BCUT2D eigenvalue weighted by molar-refractivity contribution is -0.116. The monoisotopic (exact) mass is 468 g/mol. The number of amides is 1. The third-order valence-electron chi connectivity index (χ3n) is 7.26. The number of carbonyl (C=O) groups excluding carboxylic acids is 1. The summed E-state index contributed by atoms with van der Waals surface area (Å²) in [6, 6.07) is 24.6. The van der Waals surface area contributed by atoms with Crippen molar-refractivity contribution in [3.05, 3.63) is 83.9 Å². The molecule has 0 aliphatic heterocycles. The van der Waals surface area contributed by atoms with Gasteiger partial charge in [0.15, 0.2) is 0 Å². The van der Waals surface area contributed by atoms with Crippen LogP contribution in [0.3, 0.4) is 0 Å². The van der Waals surface area contributed by atoms with Crippen molar-refractivity contribution in [3.63, 3.8) is 0 Å². The fourth-order valence-corrected chi connectivity index (χ4v) is 5.09. The molecule has 0 aromatic heterocycles.